The number of ether oxygens (including phenoxy) is 3. The Morgan fingerprint density at radius 1 is 0.292 bits per heavy atom. The summed E-state index contributed by atoms with van der Waals surface area (Å²) in [6.07, 6.45) is 80.2. The van der Waals surface area contributed by atoms with E-state index in [1.807, 2.05) is 0 Å². The van der Waals surface area contributed by atoms with E-state index in [-0.39, 0.29) is 37.5 Å². The van der Waals surface area contributed by atoms with Crippen LogP contribution in [0.5, 0.6) is 0 Å². The van der Waals surface area contributed by atoms with Crippen molar-refractivity contribution in [3.63, 3.8) is 0 Å². The zero-order valence-corrected chi connectivity index (χ0v) is 47.2. The maximum Gasteiger partial charge on any atom is 0.306 e. The van der Waals surface area contributed by atoms with Gasteiger partial charge in [0.05, 0.1) is 0 Å². The molecule has 0 bridgehead atoms. The molecular weight excluding hydrogens is 889 g/mol. The lowest BCUT2D eigenvalue weighted by atomic mass is 10.0. The Kier molecular flexibility index (Phi) is 56.8. The molecule has 1 atom stereocenters. The quantitative estimate of drug-likeness (QED) is 0.0261. The van der Waals surface area contributed by atoms with Gasteiger partial charge in [-0.05, 0) is 103 Å². The van der Waals surface area contributed by atoms with Crippen molar-refractivity contribution in [3.05, 3.63) is 97.2 Å². The van der Waals surface area contributed by atoms with Crippen LogP contribution in [0.15, 0.2) is 97.2 Å². The number of esters is 3. The summed E-state index contributed by atoms with van der Waals surface area (Å²) in [6.45, 7) is 6.43. The fourth-order valence-corrected chi connectivity index (χ4v) is 8.30. The largest absolute Gasteiger partial charge is 0.462 e. The van der Waals surface area contributed by atoms with Crippen LogP contribution in [-0.2, 0) is 28.6 Å². The first-order chi connectivity index (χ1) is 35.5. The minimum absolute atomic E-state index is 0.0904. The summed E-state index contributed by atoms with van der Waals surface area (Å²) in [4.78, 5) is 37.9. The Hall–Kier alpha value is -3.67. The first-order valence-electron chi connectivity index (χ1n) is 30.2. The van der Waals surface area contributed by atoms with Crippen molar-refractivity contribution in [1.82, 2.24) is 0 Å². The zero-order valence-electron chi connectivity index (χ0n) is 47.2. The van der Waals surface area contributed by atoms with Gasteiger partial charge in [-0.3, -0.25) is 14.4 Å². The number of hydrogen-bond acceptors (Lipinski definition) is 6. The summed E-state index contributed by atoms with van der Waals surface area (Å²) in [5.74, 6) is -0.930. The molecule has 0 N–H and O–H groups in total. The van der Waals surface area contributed by atoms with E-state index in [2.05, 4.69) is 118 Å². The van der Waals surface area contributed by atoms with Crippen molar-refractivity contribution in [3.8, 4) is 0 Å². The molecule has 0 aliphatic carbocycles. The average molecular weight is 1000 g/mol. The molecule has 6 nitrogen and oxygen atoms in total. The van der Waals surface area contributed by atoms with Crippen LogP contribution in [0.1, 0.15) is 284 Å². The molecule has 1 unspecified atom stereocenters. The van der Waals surface area contributed by atoms with Gasteiger partial charge in [0.1, 0.15) is 13.2 Å². The van der Waals surface area contributed by atoms with Gasteiger partial charge in [0.15, 0.2) is 6.10 Å². The van der Waals surface area contributed by atoms with Crippen LogP contribution >= 0.6 is 0 Å². The van der Waals surface area contributed by atoms with E-state index in [4.69, 9.17) is 14.2 Å². The molecule has 0 heterocycles. The van der Waals surface area contributed by atoms with Crippen molar-refractivity contribution >= 4 is 17.9 Å². The van der Waals surface area contributed by atoms with Crippen LogP contribution in [0, 0.1) is 0 Å². The number of unbranched alkanes of at least 4 members (excludes halogenated alkanes) is 27. The second kappa shape index (κ2) is 59.9. The lowest BCUT2D eigenvalue weighted by Crippen LogP contribution is -2.30. The monoisotopic (exact) mass is 1000 g/mol. The lowest BCUT2D eigenvalue weighted by molar-refractivity contribution is -0.167. The van der Waals surface area contributed by atoms with Gasteiger partial charge in [-0.1, -0.05) is 259 Å². The van der Waals surface area contributed by atoms with E-state index in [9.17, 15) is 14.4 Å². The van der Waals surface area contributed by atoms with Crippen LogP contribution in [0.2, 0.25) is 0 Å². The number of hydrogen-bond donors (Lipinski definition) is 0. The van der Waals surface area contributed by atoms with Gasteiger partial charge in [0, 0.05) is 19.3 Å². The van der Waals surface area contributed by atoms with Crippen LogP contribution < -0.4 is 0 Å². The topological polar surface area (TPSA) is 78.9 Å². The highest BCUT2D eigenvalue weighted by atomic mass is 16.6. The lowest BCUT2D eigenvalue weighted by Gasteiger charge is -2.18. The highest BCUT2D eigenvalue weighted by Gasteiger charge is 2.19. The fourth-order valence-electron chi connectivity index (χ4n) is 8.30. The molecule has 72 heavy (non-hydrogen) atoms. The molecule has 0 aliphatic heterocycles. The SMILES string of the molecule is CC/C=C\C/C=C\C/C=C\C/C=C\C/C=C\CCCCCC(=O)OC(COC(=O)CCCCCCCC)COC(=O)CCCCCCCCCCCCCCCC/C=C\C/C=C\C/C=C\CCCCCCC. The number of rotatable bonds is 54. The Morgan fingerprint density at radius 3 is 0.861 bits per heavy atom. The summed E-state index contributed by atoms with van der Waals surface area (Å²) in [5.41, 5.74) is 0. The molecule has 0 amide bonds. The van der Waals surface area contributed by atoms with E-state index in [0.717, 1.165) is 109 Å². The molecule has 0 fully saturated rings. The molecule has 6 heteroatoms. The van der Waals surface area contributed by atoms with E-state index in [1.165, 1.54) is 135 Å². The highest BCUT2D eigenvalue weighted by Crippen LogP contribution is 2.15. The maximum atomic E-state index is 12.8. The molecule has 0 aromatic heterocycles. The van der Waals surface area contributed by atoms with Crippen LogP contribution in [0.4, 0.5) is 0 Å². The predicted molar refractivity (Wildman–Crippen MR) is 311 cm³/mol. The summed E-state index contributed by atoms with van der Waals surface area (Å²) in [7, 11) is 0. The van der Waals surface area contributed by atoms with Gasteiger partial charge in [-0.25, -0.2) is 0 Å². The summed E-state index contributed by atoms with van der Waals surface area (Å²) in [6, 6.07) is 0. The van der Waals surface area contributed by atoms with Gasteiger partial charge >= 0.3 is 17.9 Å². The molecule has 0 aromatic rings. The minimum atomic E-state index is -0.792. The molecule has 0 spiro atoms. The summed E-state index contributed by atoms with van der Waals surface area (Å²) in [5, 5.41) is 0. The molecule has 0 saturated heterocycles. The first-order valence-corrected chi connectivity index (χ1v) is 30.2. The standard InChI is InChI=1S/C66H112O6/c1-4-7-10-13-16-18-20-22-24-26-28-29-30-31-32-33-34-35-36-37-39-40-42-44-46-48-50-53-56-59-65(68)71-62-63(61-70-64(67)58-55-52-15-12-9-6-3)72-66(69)60-57-54-51-49-47-45-43-41-38-27-25-23-21-19-17-14-11-8-5-2/h8,11,17,19-20,22-23,25-26,28,30-31,38,41,45,47,63H,4-7,9-10,12-16,18,21,24,27,29,32-37,39-40,42-44,46,48-62H2,1-3H3/b11-8-,19-17-,22-20-,25-23-,28-26-,31-30-,41-38-,47-45-. The third-order valence-electron chi connectivity index (χ3n) is 12.8. The zero-order chi connectivity index (χ0) is 52.2. The predicted octanol–water partition coefficient (Wildman–Crippen LogP) is 20.5. The Bertz CT molecular complexity index is 1430. The molecule has 0 radical (unpaired) electrons. The first kappa shape index (κ1) is 68.3. The van der Waals surface area contributed by atoms with Crippen molar-refractivity contribution in [2.24, 2.45) is 0 Å². The van der Waals surface area contributed by atoms with Gasteiger partial charge in [-0.2, -0.15) is 0 Å². The second-order valence-electron chi connectivity index (χ2n) is 19.9. The molecule has 412 valence electrons. The second-order valence-corrected chi connectivity index (χ2v) is 19.9. The number of allylic oxidation sites excluding steroid dienone is 16. The molecule has 0 aromatic carbocycles. The van der Waals surface area contributed by atoms with Crippen molar-refractivity contribution in [2.45, 2.75) is 290 Å². The van der Waals surface area contributed by atoms with Gasteiger partial charge in [-0.15, -0.1) is 0 Å². The van der Waals surface area contributed by atoms with Crippen molar-refractivity contribution < 1.29 is 28.6 Å². The Morgan fingerprint density at radius 2 is 0.542 bits per heavy atom. The van der Waals surface area contributed by atoms with E-state index >= 15 is 0 Å². The van der Waals surface area contributed by atoms with Gasteiger partial charge in [0.2, 0.25) is 0 Å². The smallest absolute Gasteiger partial charge is 0.306 e. The highest BCUT2D eigenvalue weighted by molar-refractivity contribution is 5.71. The third-order valence-corrected chi connectivity index (χ3v) is 12.8. The van der Waals surface area contributed by atoms with E-state index < -0.39 is 6.10 Å². The fraction of sp³-hybridized carbons (Fsp3) is 0.712. The van der Waals surface area contributed by atoms with Crippen molar-refractivity contribution in [2.75, 3.05) is 13.2 Å². The van der Waals surface area contributed by atoms with Gasteiger partial charge in [0.25, 0.3) is 0 Å². The Balaban J connectivity index is 4.12. The number of carbonyl (C=O) groups is 3. The van der Waals surface area contributed by atoms with E-state index in [1.54, 1.807) is 0 Å². The molecule has 0 aliphatic rings. The maximum absolute atomic E-state index is 12.8. The normalized spacial score (nSPS) is 12.8. The van der Waals surface area contributed by atoms with Crippen LogP contribution in [0.25, 0.3) is 0 Å². The Labute approximate surface area is 445 Å². The van der Waals surface area contributed by atoms with Gasteiger partial charge < -0.3 is 14.2 Å². The molecule has 0 rings (SSSR count). The van der Waals surface area contributed by atoms with E-state index in [0.29, 0.717) is 12.8 Å². The number of carbonyl (C=O) groups excluding carboxylic acids is 3. The van der Waals surface area contributed by atoms with Crippen LogP contribution in [0.3, 0.4) is 0 Å². The molecular formula is C66H112O6. The van der Waals surface area contributed by atoms with Crippen LogP contribution in [-0.4, -0.2) is 37.2 Å². The summed E-state index contributed by atoms with van der Waals surface area (Å²) < 4.78 is 16.7. The average Bonchev–Trinajstić information content (AvgIpc) is 3.38. The minimum Gasteiger partial charge on any atom is -0.462 e. The third kappa shape index (κ3) is 57.2. The van der Waals surface area contributed by atoms with Crippen molar-refractivity contribution in [1.29, 1.82) is 0 Å². The molecule has 0 saturated carbocycles. The summed E-state index contributed by atoms with van der Waals surface area (Å²) >= 11 is 0.